The minimum Gasteiger partial charge on any atom is -0.482 e. The van der Waals surface area contributed by atoms with Crippen molar-refractivity contribution in [2.45, 2.75) is 20.8 Å². The Balaban J connectivity index is 0.000000704. The van der Waals surface area contributed by atoms with E-state index in [9.17, 15) is 4.79 Å². The lowest BCUT2D eigenvalue weighted by atomic mass is 10.1. The molecule has 0 atom stereocenters. The normalized spacial score (nSPS) is 12.9. The van der Waals surface area contributed by atoms with Gasteiger partial charge in [0.1, 0.15) is 5.75 Å². The maximum absolute atomic E-state index is 12.1. The predicted octanol–water partition coefficient (Wildman–Crippen LogP) is 4.08. The Bertz CT molecular complexity index is 593. The molecule has 3 nitrogen and oxygen atoms in total. The highest BCUT2D eigenvalue weighted by molar-refractivity contribution is 6.04. The summed E-state index contributed by atoms with van der Waals surface area (Å²) in [5, 5.41) is 0. The summed E-state index contributed by atoms with van der Waals surface area (Å²) in [6.45, 7) is 6.09. The Hall–Kier alpha value is -2.29. The van der Waals surface area contributed by atoms with Crippen LogP contribution in [0.2, 0.25) is 0 Å². The van der Waals surface area contributed by atoms with Crippen LogP contribution in [-0.4, -0.2) is 12.5 Å². The van der Waals surface area contributed by atoms with Crippen molar-refractivity contribution >= 4 is 17.3 Å². The van der Waals surface area contributed by atoms with E-state index in [-0.39, 0.29) is 12.5 Å². The zero-order valence-corrected chi connectivity index (χ0v) is 12.1. The molecule has 0 unspecified atom stereocenters. The average molecular weight is 269 g/mol. The molecule has 0 fully saturated rings. The van der Waals surface area contributed by atoms with Crippen LogP contribution >= 0.6 is 0 Å². The fourth-order valence-corrected chi connectivity index (χ4v) is 2.12. The summed E-state index contributed by atoms with van der Waals surface area (Å²) in [6.07, 6.45) is 0. The van der Waals surface area contributed by atoms with Crippen molar-refractivity contribution in [3.05, 3.63) is 54.1 Å². The summed E-state index contributed by atoms with van der Waals surface area (Å²) >= 11 is 0. The van der Waals surface area contributed by atoms with E-state index in [1.165, 1.54) is 0 Å². The summed E-state index contributed by atoms with van der Waals surface area (Å²) in [5.41, 5.74) is 2.79. The first-order chi connectivity index (χ1) is 9.75. The van der Waals surface area contributed by atoms with Crippen LogP contribution in [0.5, 0.6) is 5.75 Å². The van der Waals surface area contributed by atoms with E-state index in [0.717, 1.165) is 22.7 Å². The van der Waals surface area contributed by atoms with Crippen molar-refractivity contribution in [2.75, 3.05) is 11.5 Å². The summed E-state index contributed by atoms with van der Waals surface area (Å²) in [7, 11) is 0. The van der Waals surface area contributed by atoms with Gasteiger partial charge in [-0.1, -0.05) is 38.1 Å². The SMILES string of the molecule is CC.Cc1ccc2c(c1)N(c1ccccc1)C(=O)CO2. The number of ether oxygens (including phenoxy) is 1. The molecule has 0 saturated carbocycles. The lowest BCUT2D eigenvalue weighted by Gasteiger charge is -2.29. The molecule has 0 radical (unpaired) electrons. The van der Waals surface area contributed by atoms with E-state index in [1.54, 1.807) is 4.90 Å². The van der Waals surface area contributed by atoms with Crippen LogP contribution in [0.3, 0.4) is 0 Å². The number of anilines is 2. The van der Waals surface area contributed by atoms with Gasteiger partial charge >= 0.3 is 0 Å². The molecule has 104 valence electrons. The second-order valence-electron chi connectivity index (χ2n) is 4.32. The number of nitrogens with zero attached hydrogens (tertiary/aromatic N) is 1. The first-order valence-corrected chi connectivity index (χ1v) is 6.87. The highest BCUT2D eigenvalue weighted by Crippen LogP contribution is 2.37. The van der Waals surface area contributed by atoms with E-state index in [1.807, 2.05) is 69.3 Å². The number of aryl methyl sites for hydroxylation is 1. The third-order valence-corrected chi connectivity index (χ3v) is 2.97. The molecule has 20 heavy (non-hydrogen) atoms. The molecule has 1 heterocycles. The van der Waals surface area contributed by atoms with Gasteiger partial charge in [-0.15, -0.1) is 0 Å². The number of rotatable bonds is 1. The van der Waals surface area contributed by atoms with Gasteiger partial charge in [0.15, 0.2) is 6.61 Å². The van der Waals surface area contributed by atoms with Gasteiger partial charge in [-0.2, -0.15) is 0 Å². The maximum atomic E-state index is 12.1. The first kappa shape index (κ1) is 14.1. The molecule has 3 heteroatoms. The fourth-order valence-electron chi connectivity index (χ4n) is 2.12. The van der Waals surface area contributed by atoms with E-state index in [0.29, 0.717) is 0 Å². The van der Waals surface area contributed by atoms with Crippen molar-refractivity contribution in [1.29, 1.82) is 0 Å². The molecule has 2 aromatic rings. The minimum absolute atomic E-state index is 0.0423. The first-order valence-electron chi connectivity index (χ1n) is 6.87. The highest BCUT2D eigenvalue weighted by Gasteiger charge is 2.26. The number of para-hydroxylation sites is 1. The van der Waals surface area contributed by atoms with Crippen LogP contribution in [0.4, 0.5) is 11.4 Å². The van der Waals surface area contributed by atoms with Gasteiger partial charge < -0.3 is 4.74 Å². The van der Waals surface area contributed by atoms with Gasteiger partial charge in [-0.3, -0.25) is 9.69 Å². The number of fused-ring (bicyclic) bond motifs is 1. The Morgan fingerprint density at radius 3 is 2.45 bits per heavy atom. The topological polar surface area (TPSA) is 29.5 Å². The molecular weight excluding hydrogens is 250 g/mol. The van der Waals surface area contributed by atoms with Crippen molar-refractivity contribution in [2.24, 2.45) is 0 Å². The monoisotopic (exact) mass is 269 g/mol. The molecule has 3 rings (SSSR count). The Kier molecular flexibility index (Phi) is 4.41. The van der Waals surface area contributed by atoms with Crippen LogP contribution in [0, 0.1) is 6.92 Å². The largest absolute Gasteiger partial charge is 0.482 e. The van der Waals surface area contributed by atoms with E-state index in [4.69, 9.17) is 4.74 Å². The second kappa shape index (κ2) is 6.24. The number of benzene rings is 2. The molecular formula is C17H19NO2. The quantitative estimate of drug-likeness (QED) is 0.780. The molecule has 2 aromatic carbocycles. The fraction of sp³-hybridized carbons (Fsp3) is 0.235. The van der Waals surface area contributed by atoms with Crippen LogP contribution in [0.25, 0.3) is 0 Å². The van der Waals surface area contributed by atoms with Gasteiger partial charge in [0.05, 0.1) is 5.69 Å². The van der Waals surface area contributed by atoms with Crippen molar-refractivity contribution in [1.82, 2.24) is 0 Å². The van der Waals surface area contributed by atoms with Gasteiger partial charge in [-0.25, -0.2) is 0 Å². The molecule has 0 bridgehead atoms. The third-order valence-electron chi connectivity index (χ3n) is 2.97. The molecule has 0 aromatic heterocycles. The molecule has 0 aliphatic carbocycles. The summed E-state index contributed by atoms with van der Waals surface area (Å²) < 4.78 is 5.45. The van der Waals surface area contributed by atoms with Crippen molar-refractivity contribution < 1.29 is 9.53 Å². The molecule has 1 amide bonds. The number of carbonyl (C=O) groups excluding carboxylic acids is 1. The van der Waals surface area contributed by atoms with E-state index in [2.05, 4.69) is 0 Å². The minimum atomic E-state index is -0.0423. The maximum Gasteiger partial charge on any atom is 0.269 e. The predicted molar refractivity (Wildman–Crippen MR) is 81.6 cm³/mol. The molecule has 1 aliphatic rings. The van der Waals surface area contributed by atoms with Crippen molar-refractivity contribution in [3.63, 3.8) is 0 Å². The summed E-state index contributed by atoms with van der Waals surface area (Å²) in [4.78, 5) is 13.8. The lowest BCUT2D eigenvalue weighted by molar-refractivity contribution is -0.120. The zero-order valence-electron chi connectivity index (χ0n) is 12.1. The molecule has 0 saturated heterocycles. The zero-order chi connectivity index (χ0) is 14.5. The van der Waals surface area contributed by atoms with Crippen LogP contribution in [-0.2, 0) is 4.79 Å². The summed E-state index contributed by atoms with van der Waals surface area (Å²) in [6, 6.07) is 15.5. The third kappa shape index (κ3) is 2.67. The number of amides is 1. The molecule has 1 aliphatic heterocycles. The number of hydrogen-bond donors (Lipinski definition) is 0. The van der Waals surface area contributed by atoms with E-state index >= 15 is 0 Å². The van der Waals surface area contributed by atoms with Gasteiger partial charge in [0, 0.05) is 5.69 Å². The average Bonchev–Trinajstić information content (AvgIpc) is 2.50. The lowest BCUT2D eigenvalue weighted by Crippen LogP contribution is -2.35. The molecule has 0 spiro atoms. The van der Waals surface area contributed by atoms with Gasteiger partial charge in [0.2, 0.25) is 0 Å². The van der Waals surface area contributed by atoms with Gasteiger partial charge in [0.25, 0.3) is 5.91 Å². The number of carbonyl (C=O) groups is 1. The van der Waals surface area contributed by atoms with Crippen LogP contribution in [0.15, 0.2) is 48.5 Å². The Morgan fingerprint density at radius 1 is 1.05 bits per heavy atom. The van der Waals surface area contributed by atoms with Gasteiger partial charge in [-0.05, 0) is 36.8 Å². The standard InChI is InChI=1S/C15H13NO2.C2H6/c1-11-7-8-14-13(9-11)16(15(17)10-18-14)12-5-3-2-4-6-12;1-2/h2-9H,10H2,1H3;1-2H3. The summed E-state index contributed by atoms with van der Waals surface area (Å²) in [5.74, 6) is 0.711. The van der Waals surface area contributed by atoms with E-state index < -0.39 is 0 Å². The Morgan fingerprint density at radius 2 is 1.75 bits per heavy atom. The van der Waals surface area contributed by atoms with Crippen LogP contribution in [0.1, 0.15) is 19.4 Å². The van der Waals surface area contributed by atoms with Crippen molar-refractivity contribution in [3.8, 4) is 5.75 Å². The second-order valence-corrected chi connectivity index (χ2v) is 4.32. The Labute approximate surface area is 119 Å². The molecule has 0 N–H and O–H groups in total. The number of hydrogen-bond acceptors (Lipinski definition) is 2. The highest BCUT2D eigenvalue weighted by atomic mass is 16.5. The van der Waals surface area contributed by atoms with Crippen LogP contribution < -0.4 is 9.64 Å². The smallest absolute Gasteiger partial charge is 0.269 e.